The number of aliphatic carboxylic acids is 1. The predicted octanol–water partition coefficient (Wildman–Crippen LogP) is 5.86. The van der Waals surface area contributed by atoms with E-state index in [-0.39, 0.29) is 24.9 Å². The van der Waals surface area contributed by atoms with Crippen LogP contribution in [-0.4, -0.2) is 33.5 Å². The summed E-state index contributed by atoms with van der Waals surface area (Å²) in [5.41, 5.74) is 2.17. The summed E-state index contributed by atoms with van der Waals surface area (Å²) < 4.78 is 42.0. The number of aromatic nitrogens is 1. The maximum Gasteiger partial charge on any atom is 0.416 e. The van der Waals surface area contributed by atoms with Gasteiger partial charge in [0.15, 0.2) is 0 Å². The lowest BCUT2D eigenvalue weighted by atomic mass is 9.94. The van der Waals surface area contributed by atoms with Gasteiger partial charge in [-0.2, -0.15) is 18.4 Å². The average Bonchev–Trinajstić information content (AvgIpc) is 2.87. The number of carboxylic acids is 1. The number of piperidine rings is 1. The number of halogens is 3. The molecule has 2 aromatic carbocycles. The number of carboxylic acid groups (broad SMARTS) is 1. The zero-order valence-corrected chi connectivity index (χ0v) is 19.6. The maximum atomic E-state index is 14.0. The molecular formula is C28H26F3N3O2. The second-order valence-electron chi connectivity index (χ2n) is 8.97. The van der Waals surface area contributed by atoms with Crippen molar-refractivity contribution in [1.29, 1.82) is 5.26 Å². The molecule has 2 heterocycles. The quantitative estimate of drug-likeness (QED) is 0.446. The Kier molecular flexibility index (Phi) is 7.70. The number of nitrogens with zero attached hydrogens (tertiary/aromatic N) is 3. The minimum Gasteiger partial charge on any atom is -0.480 e. The van der Waals surface area contributed by atoms with Crippen molar-refractivity contribution in [2.45, 2.75) is 50.9 Å². The molecule has 1 N–H and O–H groups in total. The van der Waals surface area contributed by atoms with E-state index < -0.39 is 23.8 Å². The molecule has 0 amide bonds. The van der Waals surface area contributed by atoms with Crippen LogP contribution in [-0.2, 0) is 30.4 Å². The topological polar surface area (TPSA) is 77.2 Å². The normalized spacial score (nSPS) is 16.4. The first-order chi connectivity index (χ1) is 17.3. The number of hydrogen-bond acceptors (Lipinski definition) is 4. The third kappa shape index (κ3) is 5.74. The highest BCUT2D eigenvalue weighted by Gasteiger charge is 2.34. The molecule has 1 aliphatic heterocycles. The van der Waals surface area contributed by atoms with Crippen molar-refractivity contribution >= 4 is 5.97 Å². The number of hydrogen-bond donors (Lipinski definition) is 1. The summed E-state index contributed by atoms with van der Waals surface area (Å²) in [6, 6.07) is 16.8. The lowest BCUT2D eigenvalue weighted by Crippen LogP contribution is -2.44. The Labute approximate surface area is 207 Å². The number of alkyl halides is 3. The molecule has 1 aliphatic rings. The Morgan fingerprint density at radius 2 is 1.89 bits per heavy atom. The molecule has 0 bridgehead atoms. The zero-order valence-electron chi connectivity index (χ0n) is 19.6. The van der Waals surface area contributed by atoms with Gasteiger partial charge in [-0.1, -0.05) is 48.9 Å². The molecule has 0 unspecified atom stereocenters. The minimum absolute atomic E-state index is 0.0660. The van der Waals surface area contributed by atoms with Gasteiger partial charge < -0.3 is 5.11 Å². The van der Waals surface area contributed by atoms with E-state index in [0.29, 0.717) is 35.3 Å². The molecule has 1 saturated heterocycles. The van der Waals surface area contributed by atoms with Gasteiger partial charge in [-0.25, -0.2) is 0 Å². The molecule has 3 aromatic rings. The van der Waals surface area contributed by atoms with Gasteiger partial charge in [0.1, 0.15) is 12.1 Å². The standard InChI is InChI=1S/C28H26F3N3O2/c29-28(30,31)24-16-19(18-34-15-5-4-8-26(34)27(35)36)9-10-21(24)11-12-25-23(17-32)22(13-14-33-25)20-6-2-1-3-7-20/h1-3,6-7,9-10,13-14,16,26H,4-5,8,11-12,15,18H2,(H,35,36)/t26-/m0/s1. The average molecular weight is 494 g/mol. The van der Waals surface area contributed by atoms with Gasteiger partial charge in [0.2, 0.25) is 0 Å². The molecule has 0 saturated carbocycles. The van der Waals surface area contributed by atoms with E-state index >= 15 is 0 Å². The number of carbonyl (C=O) groups is 1. The molecule has 1 fully saturated rings. The van der Waals surface area contributed by atoms with Gasteiger partial charge in [0.25, 0.3) is 0 Å². The lowest BCUT2D eigenvalue weighted by molar-refractivity contribution is -0.145. The van der Waals surface area contributed by atoms with Gasteiger partial charge >= 0.3 is 12.1 Å². The monoisotopic (exact) mass is 493 g/mol. The van der Waals surface area contributed by atoms with Crippen LogP contribution in [0.2, 0.25) is 0 Å². The highest BCUT2D eigenvalue weighted by molar-refractivity contribution is 5.73. The number of aryl methyl sites for hydroxylation is 2. The fourth-order valence-electron chi connectivity index (χ4n) is 4.83. The molecule has 0 radical (unpaired) electrons. The van der Waals surface area contributed by atoms with Gasteiger partial charge in [-0.05, 0) is 61.1 Å². The summed E-state index contributed by atoms with van der Waals surface area (Å²) >= 11 is 0. The molecule has 5 nitrogen and oxygen atoms in total. The third-order valence-corrected chi connectivity index (χ3v) is 6.62. The van der Waals surface area contributed by atoms with Crippen molar-refractivity contribution in [2.24, 2.45) is 0 Å². The Balaban J connectivity index is 1.58. The number of benzene rings is 2. The first kappa shape index (κ1) is 25.4. The fourth-order valence-corrected chi connectivity index (χ4v) is 4.83. The first-order valence-corrected chi connectivity index (χ1v) is 11.9. The summed E-state index contributed by atoms with van der Waals surface area (Å²) in [6.07, 6.45) is -0.624. The highest BCUT2D eigenvalue weighted by Crippen LogP contribution is 2.34. The molecule has 36 heavy (non-hydrogen) atoms. The van der Waals surface area contributed by atoms with Crippen LogP contribution in [0, 0.1) is 11.3 Å². The molecule has 186 valence electrons. The van der Waals surface area contributed by atoms with E-state index in [1.54, 1.807) is 23.2 Å². The van der Waals surface area contributed by atoms with Gasteiger partial charge in [-0.3, -0.25) is 14.7 Å². The largest absolute Gasteiger partial charge is 0.480 e. The SMILES string of the molecule is N#Cc1c(-c2ccccc2)ccnc1CCc1ccc(CN2CCCC[C@H]2C(=O)O)cc1C(F)(F)F. The molecule has 0 spiro atoms. The van der Waals surface area contributed by atoms with Crippen LogP contribution in [0.3, 0.4) is 0 Å². The summed E-state index contributed by atoms with van der Waals surface area (Å²) in [7, 11) is 0. The van der Waals surface area contributed by atoms with E-state index in [1.807, 2.05) is 30.3 Å². The number of pyridine rings is 1. The van der Waals surface area contributed by atoms with Crippen molar-refractivity contribution in [3.63, 3.8) is 0 Å². The van der Waals surface area contributed by atoms with Crippen LogP contribution in [0.5, 0.6) is 0 Å². The van der Waals surface area contributed by atoms with E-state index in [0.717, 1.165) is 24.5 Å². The minimum atomic E-state index is -4.56. The summed E-state index contributed by atoms with van der Waals surface area (Å²) in [5, 5.41) is 19.3. The van der Waals surface area contributed by atoms with Crippen LogP contribution in [0.4, 0.5) is 13.2 Å². The van der Waals surface area contributed by atoms with Crippen molar-refractivity contribution < 1.29 is 23.1 Å². The Morgan fingerprint density at radius 3 is 2.58 bits per heavy atom. The molecule has 0 aliphatic carbocycles. The maximum absolute atomic E-state index is 14.0. The summed E-state index contributed by atoms with van der Waals surface area (Å²) in [5.74, 6) is -0.944. The molecule has 1 aromatic heterocycles. The van der Waals surface area contributed by atoms with E-state index in [9.17, 15) is 28.3 Å². The number of rotatable bonds is 7. The second kappa shape index (κ2) is 10.9. The van der Waals surface area contributed by atoms with Crippen molar-refractivity contribution in [3.05, 3.63) is 88.7 Å². The Bertz CT molecular complexity index is 1270. The highest BCUT2D eigenvalue weighted by atomic mass is 19.4. The molecule has 4 rings (SSSR count). The smallest absolute Gasteiger partial charge is 0.416 e. The first-order valence-electron chi connectivity index (χ1n) is 11.9. The van der Waals surface area contributed by atoms with Crippen molar-refractivity contribution in [3.8, 4) is 17.2 Å². The van der Waals surface area contributed by atoms with Crippen LogP contribution in [0.25, 0.3) is 11.1 Å². The third-order valence-electron chi connectivity index (χ3n) is 6.62. The fraction of sp³-hybridized carbons (Fsp3) is 0.321. The Hall–Kier alpha value is -3.70. The predicted molar refractivity (Wildman–Crippen MR) is 129 cm³/mol. The molecular weight excluding hydrogens is 467 g/mol. The molecule has 1 atom stereocenters. The number of nitriles is 1. The Morgan fingerprint density at radius 1 is 1.11 bits per heavy atom. The summed E-state index contributed by atoms with van der Waals surface area (Å²) in [4.78, 5) is 17.6. The van der Waals surface area contributed by atoms with Crippen LogP contribution in [0.1, 0.15) is 47.2 Å². The van der Waals surface area contributed by atoms with Gasteiger partial charge in [0, 0.05) is 18.3 Å². The zero-order chi connectivity index (χ0) is 25.7. The second-order valence-corrected chi connectivity index (χ2v) is 8.97. The van der Waals surface area contributed by atoms with E-state index in [4.69, 9.17) is 0 Å². The number of likely N-dealkylation sites (tertiary alicyclic amines) is 1. The van der Waals surface area contributed by atoms with Gasteiger partial charge in [-0.15, -0.1) is 0 Å². The van der Waals surface area contributed by atoms with Crippen molar-refractivity contribution in [2.75, 3.05) is 6.54 Å². The lowest BCUT2D eigenvalue weighted by Gasteiger charge is -2.33. The van der Waals surface area contributed by atoms with Crippen LogP contribution < -0.4 is 0 Å². The molecule has 8 heteroatoms. The van der Waals surface area contributed by atoms with Crippen LogP contribution in [0.15, 0.2) is 60.8 Å². The van der Waals surface area contributed by atoms with Gasteiger partial charge in [0.05, 0.1) is 16.8 Å². The summed E-state index contributed by atoms with van der Waals surface area (Å²) in [6.45, 7) is 0.694. The van der Waals surface area contributed by atoms with Crippen LogP contribution >= 0.6 is 0 Å². The van der Waals surface area contributed by atoms with E-state index in [2.05, 4.69) is 11.1 Å². The van der Waals surface area contributed by atoms with E-state index in [1.165, 1.54) is 6.07 Å². The van der Waals surface area contributed by atoms with Crippen molar-refractivity contribution in [1.82, 2.24) is 9.88 Å².